The van der Waals surface area contributed by atoms with Crippen molar-refractivity contribution in [2.75, 3.05) is 31.7 Å². The fourth-order valence-corrected chi connectivity index (χ4v) is 1.08. The summed E-state index contributed by atoms with van der Waals surface area (Å²) >= 11 is 0. The summed E-state index contributed by atoms with van der Waals surface area (Å²) in [5, 5.41) is 0. The summed E-state index contributed by atoms with van der Waals surface area (Å²) in [7, 11) is 1.95. The molecule has 0 bridgehead atoms. The number of ether oxygens (including phenoxy) is 1. The van der Waals surface area contributed by atoms with Crippen molar-refractivity contribution >= 4 is 6.01 Å². The van der Waals surface area contributed by atoms with Gasteiger partial charge in [-0.15, -0.1) is 0 Å². The first-order chi connectivity index (χ1) is 6.77. The van der Waals surface area contributed by atoms with Gasteiger partial charge in [0.1, 0.15) is 6.26 Å². The molecule has 80 valence electrons. The van der Waals surface area contributed by atoms with Gasteiger partial charge in [-0.05, 0) is 13.3 Å². The first-order valence-corrected chi connectivity index (χ1v) is 5.01. The Morgan fingerprint density at radius 3 is 2.86 bits per heavy atom. The second kappa shape index (κ2) is 5.65. The fourth-order valence-electron chi connectivity index (χ4n) is 1.08. The minimum atomic E-state index is 0.668. The van der Waals surface area contributed by atoms with Crippen LogP contribution in [0.25, 0.3) is 0 Å². The molecule has 1 heterocycles. The van der Waals surface area contributed by atoms with Crippen LogP contribution in [0, 0.1) is 0 Å². The van der Waals surface area contributed by atoms with Crippen LogP contribution >= 0.6 is 0 Å². The zero-order chi connectivity index (χ0) is 10.4. The lowest BCUT2D eigenvalue weighted by atomic mass is 10.4. The van der Waals surface area contributed by atoms with E-state index < -0.39 is 0 Å². The van der Waals surface area contributed by atoms with Crippen molar-refractivity contribution in [3.05, 3.63) is 12.0 Å². The molecular formula is C10H18N2O2. The van der Waals surface area contributed by atoms with E-state index in [1.54, 1.807) is 6.26 Å². The maximum absolute atomic E-state index is 5.31. The van der Waals surface area contributed by atoms with Gasteiger partial charge in [-0.25, -0.2) is 0 Å². The zero-order valence-electron chi connectivity index (χ0n) is 9.12. The summed E-state index contributed by atoms with van der Waals surface area (Å²) in [5.74, 6) is 0. The number of aryl methyl sites for hydroxylation is 1. The molecule has 0 radical (unpaired) electrons. The summed E-state index contributed by atoms with van der Waals surface area (Å²) in [6, 6.07) is 0.668. The molecule has 0 N–H and O–H groups in total. The van der Waals surface area contributed by atoms with Crippen LogP contribution in [0.1, 0.15) is 19.5 Å². The van der Waals surface area contributed by atoms with Gasteiger partial charge < -0.3 is 14.1 Å². The molecule has 0 spiro atoms. The largest absolute Gasteiger partial charge is 0.432 e. The topological polar surface area (TPSA) is 38.5 Å². The highest BCUT2D eigenvalue weighted by atomic mass is 16.5. The van der Waals surface area contributed by atoms with Crippen LogP contribution in [0.3, 0.4) is 0 Å². The number of hydrogen-bond acceptors (Lipinski definition) is 4. The maximum Gasteiger partial charge on any atom is 0.297 e. The van der Waals surface area contributed by atoms with E-state index in [0.29, 0.717) is 12.6 Å². The average Bonchev–Trinajstić information content (AvgIpc) is 2.66. The summed E-state index contributed by atoms with van der Waals surface area (Å²) in [5.41, 5.74) is 0.989. The van der Waals surface area contributed by atoms with Crippen molar-refractivity contribution in [1.29, 1.82) is 0 Å². The van der Waals surface area contributed by atoms with Gasteiger partial charge in [-0.2, -0.15) is 4.98 Å². The Bertz CT molecular complexity index is 260. The minimum Gasteiger partial charge on any atom is -0.432 e. The lowest BCUT2D eigenvalue weighted by Gasteiger charge is -2.13. The van der Waals surface area contributed by atoms with E-state index in [1.807, 2.05) is 18.9 Å². The van der Waals surface area contributed by atoms with E-state index in [-0.39, 0.29) is 0 Å². The molecule has 1 aromatic rings. The number of anilines is 1. The lowest BCUT2D eigenvalue weighted by Crippen LogP contribution is -2.22. The van der Waals surface area contributed by atoms with Crippen molar-refractivity contribution in [2.45, 2.75) is 20.3 Å². The molecule has 0 atom stereocenters. The normalized spacial score (nSPS) is 10.5. The van der Waals surface area contributed by atoms with Crippen molar-refractivity contribution < 1.29 is 9.15 Å². The molecule has 0 saturated heterocycles. The molecule has 1 rings (SSSR count). The van der Waals surface area contributed by atoms with E-state index in [2.05, 4.69) is 11.9 Å². The third-order valence-electron chi connectivity index (χ3n) is 2.00. The van der Waals surface area contributed by atoms with Gasteiger partial charge in [0.05, 0.1) is 12.3 Å². The molecule has 0 amide bonds. The third-order valence-corrected chi connectivity index (χ3v) is 2.00. The molecule has 4 nitrogen and oxygen atoms in total. The van der Waals surface area contributed by atoms with Crippen LogP contribution in [0.2, 0.25) is 0 Å². The highest BCUT2D eigenvalue weighted by Gasteiger charge is 2.07. The summed E-state index contributed by atoms with van der Waals surface area (Å²) < 4.78 is 10.6. The van der Waals surface area contributed by atoms with Gasteiger partial charge >= 0.3 is 0 Å². The van der Waals surface area contributed by atoms with Crippen molar-refractivity contribution in [2.24, 2.45) is 0 Å². The van der Waals surface area contributed by atoms with Crippen LogP contribution in [-0.4, -0.2) is 31.8 Å². The number of rotatable bonds is 6. The predicted molar refractivity (Wildman–Crippen MR) is 55.6 cm³/mol. The first kappa shape index (κ1) is 11.0. The predicted octanol–water partition coefficient (Wildman–Crippen LogP) is 1.71. The van der Waals surface area contributed by atoms with Crippen LogP contribution in [0.4, 0.5) is 6.01 Å². The summed E-state index contributed by atoms with van der Waals surface area (Å²) in [6.45, 7) is 6.30. The first-order valence-electron chi connectivity index (χ1n) is 5.01. The van der Waals surface area contributed by atoms with E-state index in [4.69, 9.17) is 9.15 Å². The number of nitrogens with zero attached hydrogens (tertiary/aromatic N) is 2. The molecule has 0 aliphatic rings. The Labute approximate surface area is 84.9 Å². The van der Waals surface area contributed by atoms with Gasteiger partial charge in [0.25, 0.3) is 6.01 Å². The highest BCUT2D eigenvalue weighted by molar-refractivity contribution is 5.24. The van der Waals surface area contributed by atoms with Gasteiger partial charge in [0.15, 0.2) is 0 Å². The monoisotopic (exact) mass is 198 g/mol. The molecule has 0 aliphatic carbocycles. The Morgan fingerprint density at radius 2 is 2.29 bits per heavy atom. The van der Waals surface area contributed by atoms with Crippen molar-refractivity contribution in [3.8, 4) is 0 Å². The highest BCUT2D eigenvalue weighted by Crippen LogP contribution is 2.11. The zero-order valence-corrected chi connectivity index (χ0v) is 9.12. The lowest BCUT2D eigenvalue weighted by molar-refractivity contribution is 0.154. The number of likely N-dealkylation sites (N-methyl/N-ethyl adjacent to an activating group) is 1. The molecule has 0 fully saturated rings. The number of hydrogen-bond donors (Lipinski definition) is 0. The standard InChI is InChI=1S/C10H18N2O2/c1-4-9-8-14-10(11-9)12(3)6-7-13-5-2/h8H,4-7H2,1-3H3. The van der Waals surface area contributed by atoms with E-state index in [9.17, 15) is 0 Å². The van der Waals surface area contributed by atoms with Gasteiger partial charge in [0, 0.05) is 20.2 Å². The SMILES string of the molecule is CCOCCN(C)c1nc(CC)co1. The van der Waals surface area contributed by atoms with E-state index in [0.717, 1.165) is 25.3 Å². The Hall–Kier alpha value is -1.03. The quantitative estimate of drug-likeness (QED) is 0.652. The maximum atomic E-state index is 5.31. The molecule has 0 aliphatic heterocycles. The molecule has 14 heavy (non-hydrogen) atoms. The smallest absolute Gasteiger partial charge is 0.297 e. The Morgan fingerprint density at radius 1 is 1.50 bits per heavy atom. The van der Waals surface area contributed by atoms with Gasteiger partial charge in [-0.1, -0.05) is 6.92 Å². The molecule has 0 aromatic carbocycles. The second-order valence-electron chi connectivity index (χ2n) is 3.09. The number of oxazole rings is 1. The summed E-state index contributed by atoms with van der Waals surface area (Å²) in [6.07, 6.45) is 2.61. The van der Waals surface area contributed by atoms with Crippen molar-refractivity contribution in [3.63, 3.8) is 0 Å². The van der Waals surface area contributed by atoms with Gasteiger partial charge in [-0.3, -0.25) is 0 Å². The van der Waals surface area contributed by atoms with Crippen molar-refractivity contribution in [1.82, 2.24) is 4.98 Å². The molecule has 1 aromatic heterocycles. The Balaban J connectivity index is 2.39. The fraction of sp³-hybridized carbons (Fsp3) is 0.700. The van der Waals surface area contributed by atoms with Gasteiger partial charge in [0.2, 0.25) is 0 Å². The van der Waals surface area contributed by atoms with Crippen LogP contribution in [0.5, 0.6) is 0 Å². The van der Waals surface area contributed by atoms with Crippen LogP contribution in [0.15, 0.2) is 10.7 Å². The summed E-state index contributed by atoms with van der Waals surface area (Å²) in [4.78, 5) is 6.26. The Kier molecular flexibility index (Phi) is 4.46. The molecular weight excluding hydrogens is 180 g/mol. The molecule has 4 heteroatoms. The number of aromatic nitrogens is 1. The second-order valence-corrected chi connectivity index (χ2v) is 3.09. The van der Waals surface area contributed by atoms with E-state index in [1.165, 1.54) is 0 Å². The minimum absolute atomic E-state index is 0.668. The average molecular weight is 198 g/mol. The molecule has 0 unspecified atom stereocenters. The van der Waals surface area contributed by atoms with Crippen LogP contribution < -0.4 is 4.90 Å². The third kappa shape index (κ3) is 3.03. The van der Waals surface area contributed by atoms with E-state index >= 15 is 0 Å². The molecule has 0 saturated carbocycles. The van der Waals surface area contributed by atoms with Crippen LogP contribution in [-0.2, 0) is 11.2 Å².